The second-order valence-corrected chi connectivity index (χ2v) is 9.74. The Kier molecular flexibility index (Phi) is 6.57. The fourth-order valence-corrected chi connectivity index (χ4v) is 4.39. The smallest absolute Gasteiger partial charge is 0.256 e. The summed E-state index contributed by atoms with van der Waals surface area (Å²) >= 11 is 1.43. The fourth-order valence-electron chi connectivity index (χ4n) is 3.46. The first-order chi connectivity index (χ1) is 15.7. The number of fused-ring (bicyclic) bond motifs is 1. The van der Waals surface area contributed by atoms with E-state index in [9.17, 15) is 9.18 Å². The van der Waals surface area contributed by atoms with Gasteiger partial charge in [-0.25, -0.2) is 14.4 Å². The summed E-state index contributed by atoms with van der Waals surface area (Å²) in [6.45, 7) is 10.1. The lowest BCUT2D eigenvalue weighted by Crippen LogP contribution is -2.24. The minimum absolute atomic E-state index is 0.101. The van der Waals surface area contributed by atoms with Gasteiger partial charge in [0.05, 0.1) is 11.4 Å². The molecule has 0 saturated carbocycles. The van der Waals surface area contributed by atoms with Gasteiger partial charge in [-0.1, -0.05) is 20.8 Å². The average Bonchev–Trinajstić information content (AvgIpc) is 3.24. The first-order valence-electron chi connectivity index (χ1n) is 10.9. The van der Waals surface area contributed by atoms with Gasteiger partial charge in [0.2, 0.25) is 5.95 Å². The summed E-state index contributed by atoms with van der Waals surface area (Å²) in [5, 5.41) is 14.8. The van der Waals surface area contributed by atoms with Crippen molar-refractivity contribution in [3.8, 4) is 0 Å². The number of hydrogen-bond donors (Lipinski definition) is 4. The van der Waals surface area contributed by atoms with Gasteiger partial charge in [-0.05, 0) is 43.1 Å². The van der Waals surface area contributed by atoms with Gasteiger partial charge in [-0.3, -0.25) is 4.79 Å². The van der Waals surface area contributed by atoms with Crippen LogP contribution in [-0.4, -0.2) is 33.9 Å². The van der Waals surface area contributed by atoms with Crippen molar-refractivity contribution >= 4 is 39.8 Å². The van der Waals surface area contributed by atoms with Crippen LogP contribution in [0.25, 0.3) is 0 Å². The summed E-state index contributed by atoms with van der Waals surface area (Å²) in [6, 6.07) is 3.34. The number of thiazole rings is 1. The van der Waals surface area contributed by atoms with Gasteiger partial charge in [-0.2, -0.15) is 4.98 Å². The van der Waals surface area contributed by atoms with Crippen LogP contribution in [0.15, 0.2) is 23.7 Å². The predicted octanol–water partition coefficient (Wildman–Crippen LogP) is 4.25. The Morgan fingerprint density at radius 3 is 2.76 bits per heavy atom. The van der Waals surface area contributed by atoms with E-state index in [1.807, 2.05) is 12.3 Å². The van der Waals surface area contributed by atoms with E-state index in [2.05, 4.69) is 57.0 Å². The summed E-state index contributed by atoms with van der Waals surface area (Å²) in [5.74, 6) is -0.185. The van der Waals surface area contributed by atoms with Crippen molar-refractivity contribution in [3.63, 3.8) is 0 Å². The molecule has 33 heavy (non-hydrogen) atoms. The van der Waals surface area contributed by atoms with Crippen molar-refractivity contribution < 1.29 is 9.18 Å². The molecule has 0 aliphatic carbocycles. The Morgan fingerprint density at radius 1 is 1.21 bits per heavy atom. The molecule has 0 atom stereocenters. The largest absolute Gasteiger partial charge is 0.352 e. The van der Waals surface area contributed by atoms with Crippen molar-refractivity contribution in [1.82, 2.24) is 25.6 Å². The van der Waals surface area contributed by atoms with Gasteiger partial charge in [0.15, 0.2) is 10.9 Å². The number of carbonyl (C=O) groups is 1. The highest BCUT2D eigenvalue weighted by atomic mass is 32.1. The second-order valence-electron chi connectivity index (χ2n) is 8.88. The molecule has 1 amide bonds. The highest BCUT2D eigenvalue weighted by Crippen LogP contribution is 2.30. The first-order valence-corrected chi connectivity index (χ1v) is 11.8. The van der Waals surface area contributed by atoms with Crippen molar-refractivity contribution in [3.05, 3.63) is 51.9 Å². The summed E-state index contributed by atoms with van der Waals surface area (Å²) in [7, 11) is 0. The number of amides is 1. The lowest BCUT2D eigenvalue weighted by molar-refractivity contribution is 0.0956. The van der Waals surface area contributed by atoms with E-state index in [0.29, 0.717) is 29.7 Å². The van der Waals surface area contributed by atoms with Crippen molar-refractivity contribution in [2.24, 2.45) is 0 Å². The molecule has 0 radical (unpaired) electrons. The maximum atomic E-state index is 14.7. The molecule has 1 aliphatic heterocycles. The molecular formula is C23H28FN7OS. The third-order valence-corrected chi connectivity index (χ3v) is 6.05. The first kappa shape index (κ1) is 23.1. The number of hydrogen-bond acceptors (Lipinski definition) is 8. The Morgan fingerprint density at radius 2 is 2.03 bits per heavy atom. The molecule has 0 spiro atoms. The molecule has 0 bridgehead atoms. The Labute approximate surface area is 196 Å². The predicted molar refractivity (Wildman–Crippen MR) is 129 cm³/mol. The topological polar surface area (TPSA) is 104 Å². The second kappa shape index (κ2) is 9.40. The molecule has 8 nitrogen and oxygen atoms in total. The van der Waals surface area contributed by atoms with Crippen LogP contribution >= 0.6 is 11.3 Å². The van der Waals surface area contributed by atoms with E-state index in [1.54, 1.807) is 12.1 Å². The van der Waals surface area contributed by atoms with Crippen LogP contribution in [0.5, 0.6) is 0 Å². The monoisotopic (exact) mass is 469 g/mol. The zero-order valence-electron chi connectivity index (χ0n) is 19.2. The molecule has 4 rings (SSSR count). The lowest BCUT2D eigenvalue weighted by Gasteiger charge is -2.19. The number of carbonyl (C=O) groups excluding carboxylic acids is 1. The van der Waals surface area contributed by atoms with E-state index in [1.165, 1.54) is 17.5 Å². The Balaban J connectivity index is 1.65. The van der Waals surface area contributed by atoms with Crippen molar-refractivity contribution in [2.75, 3.05) is 23.7 Å². The number of aromatic nitrogens is 3. The van der Waals surface area contributed by atoms with E-state index in [-0.39, 0.29) is 28.7 Å². The van der Waals surface area contributed by atoms with E-state index in [4.69, 9.17) is 0 Å². The zero-order valence-corrected chi connectivity index (χ0v) is 20.0. The molecule has 174 valence electrons. The average molecular weight is 470 g/mol. The summed E-state index contributed by atoms with van der Waals surface area (Å²) < 4.78 is 14.7. The van der Waals surface area contributed by atoms with Crippen LogP contribution in [0.4, 0.5) is 27.0 Å². The maximum Gasteiger partial charge on any atom is 0.256 e. The molecular weight excluding hydrogens is 441 g/mol. The number of halogens is 1. The van der Waals surface area contributed by atoms with Gasteiger partial charge in [-0.15, -0.1) is 11.3 Å². The highest BCUT2D eigenvalue weighted by Gasteiger charge is 2.20. The number of nitrogens with one attached hydrogen (secondary N) is 4. The molecule has 0 saturated heterocycles. The summed E-state index contributed by atoms with van der Waals surface area (Å²) in [6.07, 6.45) is 2.22. The molecule has 1 aliphatic rings. The number of rotatable bonds is 6. The minimum Gasteiger partial charge on any atom is -0.352 e. The highest BCUT2D eigenvalue weighted by molar-refractivity contribution is 7.13. The van der Waals surface area contributed by atoms with Crippen LogP contribution in [0.2, 0.25) is 0 Å². The number of nitrogens with zero attached hydrogens (tertiary/aromatic N) is 3. The van der Waals surface area contributed by atoms with Crippen molar-refractivity contribution in [1.29, 1.82) is 0 Å². The van der Waals surface area contributed by atoms with Crippen LogP contribution < -0.4 is 21.3 Å². The van der Waals surface area contributed by atoms with Gasteiger partial charge < -0.3 is 21.3 Å². The van der Waals surface area contributed by atoms with E-state index in [0.717, 1.165) is 29.8 Å². The third-order valence-electron chi connectivity index (χ3n) is 5.29. The van der Waals surface area contributed by atoms with Crippen LogP contribution in [0, 0.1) is 5.82 Å². The van der Waals surface area contributed by atoms with Gasteiger partial charge >= 0.3 is 0 Å². The zero-order chi connectivity index (χ0) is 23.6. The molecule has 0 unspecified atom stereocenters. The SMILES string of the molecule is CCNC(=O)c1cnc(Nc2cc3c(cc2F)CCNC3)nc1Nc1nc(C(C)(C)C)cs1. The van der Waals surface area contributed by atoms with Crippen LogP contribution in [0.3, 0.4) is 0 Å². The van der Waals surface area contributed by atoms with Gasteiger partial charge in [0, 0.05) is 30.1 Å². The molecule has 1 aromatic carbocycles. The van der Waals surface area contributed by atoms with Crippen molar-refractivity contribution in [2.45, 2.75) is 46.1 Å². The van der Waals surface area contributed by atoms with E-state index < -0.39 is 0 Å². The summed E-state index contributed by atoms with van der Waals surface area (Å²) in [5.41, 5.74) is 3.45. The molecule has 0 fully saturated rings. The number of anilines is 4. The minimum atomic E-state index is -0.365. The quantitative estimate of drug-likeness (QED) is 0.428. The molecule has 4 N–H and O–H groups in total. The lowest BCUT2D eigenvalue weighted by atomic mass is 9.93. The Hall–Kier alpha value is -3.11. The fraction of sp³-hybridized carbons (Fsp3) is 0.391. The standard InChI is InChI=1S/C23H28FN7OS/c1-5-26-20(32)15-11-27-21(28-17-9-14-10-25-7-6-13(14)8-16(17)24)30-19(15)31-22-29-18(12-33-22)23(2,3)4/h8-9,11-12,25H,5-7,10H2,1-4H3,(H,26,32)(H2,27,28,29,30,31). The van der Waals surface area contributed by atoms with Crippen LogP contribution in [-0.2, 0) is 18.4 Å². The van der Waals surface area contributed by atoms with Gasteiger partial charge in [0.1, 0.15) is 11.4 Å². The normalized spacial score (nSPS) is 13.4. The summed E-state index contributed by atoms with van der Waals surface area (Å²) in [4.78, 5) is 25.9. The molecule has 3 heterocycles. The Bertz CT molecular complexity index is 1170. The van der Waals surface area contributed by atoms with Crippen LogP contribution in [0.1, 0.15) is 54.9 Å². The van der Waals surface area contributed by atoms with E-state index >= 15 is 0 Å². The molecule has 10 heteroatoms. The molecule has 2 aromatic heterocycles. The van der Waals surface area contributed by atoms with Gasteiger partial charge in [0.25, 0.3) is 5.91 Å². The molecule has 3 aromatic rings. The maximum absolute atomic E-state index is 14.7. The third kappa shape index (κ3) is 5.28. The number of benzene rings is 1.